The SMILES string of the molecule is O=c1cc(O)c2ccc(OCc3ccccc3)c(I)c2o1. The Bertz CT molecular complexity index is 840. The van der Waals surface area contributed by atoms with Crippen LogP contribution in [0.4, 0.5) is 0 Å². The first-order valence-corrected chi connectivity index (χ1v) is 7.35. The summed E-state index contributed by atoms with van der Waals surface area (Å²) >= 11 is 2.05. The topological polar surface area (TPSA) is 59.7 Å². The number of hydrogen-bond donors (Lipinski definition) is 1. The van der Waals surface area contributed by atoms with Crippen LogP contribution < -0.4 is 10.4 Å². The van der Waals surface area contributed by atoms with Crippen LogP contribution in [0.15, 0.2) is 57.7 Å². The van der Waals surface area contributed by atoms with E-state index < -0.39 is 5.63 Å². The molecule has 0 saturated heterocycles. The summed E-state index contributed by atoms with van der Waals surface area (Å²) in [5.41, 5.74) is 0.801. The molecule has 1 heterocycles. The maximum Gasteiger partial charge on any atom is 0.339 e. The maximum atomic E-state index is 11.4. The highest BCUT2D eigenvalue weighted by Gasteiger charge is 2.12. The molecule has 0 bridgehead atoms. The zero-order valence-electron chi connectivity index (χ0n) is 10.9. The van der Waals surface area contributed by atoms with E-state index >= 15 is 0 Å². The first-order valence-electron chi connectivity index (χ1n) is 6.27. The summed E-state index contributed by atoms with van der Waals surface area (Å²) in [7, 11) is 0. The van der Waals surface area contributed by atoms with E-state index in [2.05, 4.69) is 0 Å². The highest BCUT2D eigenvalue weighted by molar-refractivity contribution is 14.1. The molecular formula is C16H11IO4. The van der Waals surface area contributed by atoms with E-state index in [1.54, 1.807) is 12.1 Å². The molecule has 21 heavy (non-hydrogen) atoms. The van der Waals surface area contributed by atoms with Crippen molar-refractivity contribution in [3.63, 3.8) is 0 Å². The predicted octanol–water partition coefficient (Wildman–Crippen LogP) is 3.68. The fraction of sp³-hybridized carbons (Fsp3) is 0.0625. The van der Waals surface area contributed by atoms with Crippen LogP contribution in [0.5, 0.6) is 11.5 Å². The summed E-state index contributed by atoms with van der Waals surface area (Å²) in [6.07, 6.45) is 0. The van der Waals surface area contributed by atoms with Gasteiger partial charge in [-0.25, -0.2) is 4.79 Å². The van der Waals surface area contributed by atoms with Crippen LogP contribution in [0.1, 0.15) is 5.56 Å². The van der Waals surface area contributed by atoms with Gasteiger partial charge in [-0.15, -0.1) is 0 Å². The second kappa shape index (κ2) is 5.77. The number of rotatable bonds is 3. The lowest BCUT2D eigenvalue weighted by molar-refractivity contribution is 0.304. The van der Waals surface area contributed by atoms with Gasteiger partial charge in [-0.1, -0.05) is 30.3 Å². The number of benzene rings is 2. The Labute approximate surface area is 134 Å². The minimum Gasteiger partial charge on any atom is -0.507 e. The van der Waals surface area contributed by atoms with Crippen LogP contribution in [-0.2, 0) is 6.61 Å². The standard InChI is InChI=1S/C16H11IO4/c17-15-13(20-9-10-4-2-1-3-5-10)7-6-11-12(18)8-14(19)21-16(11)15/h1-8,18H,9H2. The highest BCUT2D eigenvalue weighted by Crippen LogP contribution is 2.33. The van der Waals surface area contributed by atoms with E-state index in [9.17, 15) is 9.90 Å². The number of fused-ring (bicyclic) bond motifs is 1. The van der Waals surface area contributed by atoms with Crippen LogP contribution in [0.3, 0.4) is 0 Å². The zero-order valence-corrected chi connectivity index (χ0v) is 13.0. The fourth-order valence-electron chi connectivity index (χ4n) is 2.01. The van der Waals surface area contributed by atoms with Gasteiger partial charge in [-0.05, 0) is 40.3 Å². The van der Waals surface area contributed by atoms with Crippen molar-refractivity contribution in [2.75, 3.05) is 0 Å². The van der Waals surface area contributed by atoms with Gasteiger partial charge < -0.3 is 14.3 Å². The zero-order chi connectivity index (χ0) is 14.8. The van der Waals surface area contributed by atoms with Crippen molar-refractivity contribution < 1.29 is 14.3 Å². The van der Waals surface area contributed by atoms with Gasteiger partial charge >= 0.3 is 5.63 Å². The van der Waals surface area contributed by atoms with Crippen molar-refractivity contribution in [3.8, 4) is 11.5 Å². The summed E-state index contributed by atoms with van der Waals surface area (Å²) in [5.74, 6) is 0.523. The predicted molar refractivity (Wildman–Crippen MR) is 87.6 cm³/mol. The fourth-order valence-corrected chi connectivity index (χ4v) is 2.74. The molecule has 0 radical (unpaired) electrons. The third kappa shape index (κ3) is 2.87. The molecule has 0 aliphatic rings. The highest BCUT2D eigenvalue weighted by atomic mass is 127. The van der Waals surface area contributed by atoms with Crippen molar-refractivity contribution in [1.29, 1.82) is 0 Å². The van der Waals surface area contributed by atoms with Gasteiger partial charge in [0.05, 0.1) is 15.0 Å². The van der Waals surface area contributed by atoms with Crippen molar-refractivity contribution in [1.82, 2.24) is 0 Å². The van der Waals surface area contributed by atoms with Gasteiger partial charge in [-0.2, -0.15) is 0 Å². The quantitative estimate of drug-likeness (QED) is 0.544. The van der Waals surface area contributed by atoms with Gasteiger partial charge in [0.25, 0.3) is 0 Å². The normalized spacial score (nSPS) is 10.7. The number of aromatic hydroxyl groups is 1. The molecule has 0 fully saturated rings. The van der Waals surface area contributed by atoms with Crippen LogP contribution in [-0.4, -0.2) is 5.11 Å². The molecule has 0 amide bonds. The Balaban J connectivity index is 1.97. The summed E-state index contributed by atoms with van der Waals surface area (Å²) in [5, 5.41) is 10.3. The lowest BCUT2D eigenvalue weighted by Crippen LogP contribution is -2.00. The summed E-state index contributed by atoms with van der Waals surface area (Å²) < 4.78 is 11.6. The van der Waals surface area contributed by atoms with Crippen LogP contribution in [0.25, 0.3) is 11.0 Å². The minimum absolute atomic E-state index is 0.0891. The van der Waals surface area contributed by atoms with E-state index in [-0.39, 0.29) is 5.75 Å². The molecular weight excluding hydrogens is 383 g/mol. The van der Waals surface area contributed by atoms with Crippen molar-refractivity contribution in [2.45, 2.75) is 6.61 Å². The lowest BCUT2D eigenvalue weighted by atomic mass is 10.2. The molecule has 5 heteroatoms. The smallest absolute Gasteiger partial charge is 0.339 e. The molecule has 3 aromatic rings. The van der Waals surface area contributed by atoms with E-state index in [1.165, 1.54) is 0 Å². The van der Waals surface area contributed by atoms with Crippen molar-refractivity contribution >= 4 is 33.6 Å². The van der Waals surface area contributed by atoms with E-state index in [0.29, 0.717) is 26.9 Å². The third-order valence-electron chi connectivity index (χ3n) is 3.03. The Morgan fingerprint density at radius 3 is 2.67 bits per heavy atom. The second-order valence-electron chi connectivity index (χ2n) is 4.48. The Morgan fingerprint density at radius 2 is 1.90 bits per heavy atom. The van der Waals surface area contributed by atoms with E-state index in [0.717, 1.165) is 11.6 Å². The Kier molecular flexibility index (Phi) is 3.83. The molecule has 2 aromatic carbocycles. The molecule has 1 N–H and O–H groups in total. The van der Waals surface area contributed by atoms with Crippen LogP contribution >= 0.6 is 22.6 Å². The Morgan fingerprint density at radius 1 is 1.14 bits per heavy atom. The lowest BCUT2D eigenvalue weighted by Gasteiger charge is -2.10. The van der Waals surface area contributed by atoms with Gasteiger partial charge in [0, 0.05) is 0 Å². The average Bonchev–Trinajstić information content (AvgIpc) is 2.48. The number of ether oxygens (including phenoxy) is 1. The largest absolute Gasteiger partial charge is 0.507 e. The first-order chi connectivity index (χ1) is 10.1. The minimum atomic E-state index is -0.585. The van der Waals surface area contributed by atoms with Gasteiger partial charge in [0.2, 0.25) is 0 Å². The number of hydrogen-bond acceptors (Lipinski definition) is 4. The van der Waals surface area contributed by atoms with Crippen LogP contribution in [0.2, 0.25) is 0 Å². The van der Waals surface area contributed by atoms with Gasteiger partial charge in [0.15, 0.2) is 5.58 Å². The molecule has 1 aromatic heterocycles. The van der Waals surface area contributed by atoms with E-state index in [1.807, 2.05) is 52.9 Å². The molecule has 0 aliphatic heterocycles. The maximum absolute atomic E-state index is 11.4. The summed E-state index contributed by atoms with van der Waals surface area (Å²) in [6.45, 7) is 0.422. The van der Waals surface area contributed by atoms with E-state index in [4.69, 9.17) is 9.15 Å². The third-order valence-corrected chi connectivity index (χ3v) is 4.05. The van der Waals surface area contributed by atoms with Crippen LogP contribution in [0, 0.1) is 3.57 Å². The second-order valence-corrected chi connectivity index (χ2v) is 5.56. The van der Waals surface area contributed by atoms with Gasteiger partial charge in [0.1, 0.15) is 18.1 Å². The average molecular weight is 394 g/mol. The first kappa shape index (κ1) is 13.9. The molecule has 0 unspecified atom stereocenters. The molecule has 0 saturated carbocycles. The summed E-state index contributed by atoms with van der Waals surface area (Å²) in [4.78, 5) is 11.4. The summed E-state index contributed by atoms with van der Waals surface area (Å²) in [6, 6.07) is 14.3. The Hall–Kier alpha value is -2.02. The van der Waals surface area contributed by atoms with Crippen molar-refractivity contribution in [3.05, 3.63) is 68.1 Å². The molecule has 4 nitrogen and oxygen atoms in total. The molecule has 106 valence electrons. The van der Waals surface area contributed by atoms with Gasteiger partial charge in [-0.3, -0.25) is 0 Å². The molecule has 0 aliphatic carbocycles. The monoisotopic (exact) mass is 394 g/mol. The molecule has 3 rings (SSSR count). The molecule has 0 spiro atoms. The number of halogens is 1. The van der Waals surface area contributed by atoms with Crippen molar-refractivity contribution in [2.24, 2.45) is 0 Å². The molecule has 0 atom stereocenters.